The largest absolute Gasteiger partial charge is 0.384 e. The molecule has 0 aliphatic carbocycles. The second-order valence-corrected chi connectivity index (χ2v) is 3.86. The summed E-state index contributed by atoms with van der Waals surface area (Å²) in [6.45, 7) is 0. The topological polar surface area (TPSA) is 102 Å². The van der Waals surface area contributed by atoms with Gasteiger partial charge in [0.2, 0.25) is 0 Å². The van der Waals surface area contributed by atoms with Gasteiger partial charge >= 0.3 is 0 Å². The van der Waals surface area contributed by atoms with Crippen molar-refractivity contribution in [1.82, 2.24) is 9.97 Å². The number of rotatable bonds is 1. The summed E-state index contributed by atoms with van der Waals surface area (Å²) in [5.41, 5.74) is 7.31. The lowest BCUT2D eigenvalue weighted by Crippen LogP contribution is -2.01. The number of nitrogens with two attached hydrogens (primary N) is 1. The van der Waals surface area contributed by atoms with Crippen molar-refractivity contribution in [2.24, 2.45) is 0 Å². The van der Waals surface area contributed by atoms with Crippen molar-refractivity contribution in [1.29, 1.82) is 10.5 Å². The standard InChI is InChI=1S/C12H7N5S/c13-5-8-10(7-1-3-16-4-2-7)9(6-14)12(18)17-11(8)15/h1-4H,(H3,15,17,18). The summed E-state index contributed by atoms with van der Waals surface area (Å²) in [5.74, 6) is 0.160. The number of nitrogens with zero attached hydrogens (tertiary/aromatic N) is 3. The number of anilines is 1. The Bertz CT molecular complexity index is 734. The Morgan fingerprint density at radius 3 is 2.33 bits per heavy atom. The number of aromatic nitrogens is 2. The van der Waals surface area contributed by atoms with Gasteiger partial charge < -0.3 is 10.7 Å². The molecule has 0 radical (unpaired) electrons. The van der Waals surface area contributed by atoms with Gasteiger partial charge in [-0.1, -0.05) is 12.2 Å². The van der Waals surface area contributed by atoms with Crippen molar-refractivity contribution < 1.29 is 0 Å². The first kappa shape index (κ1) is 11.8. The highest BCUT2D eigenvalue weighted by Crippen LogP contribution is 2.29. The molecule has 2 rings (SSSR count). The van der Waals surface area contributed by atoms with E-state index in [2.05, 4.69) is 9.97 Å². The van der Waals surface area contributed by atoms with E-state index in [0.717, 1.165) is 0 Å². The highest BCUT2D eigenvalue weighted by atomic mass is 32.1. The number of nitrogens with one attached hydrogen (secondary N) is 1. The molecule has 0 amide bonds. The molecule has 2 heterocycles. The summed E-state index contributed by atoms with van der Waals surface area (Å²) in [7, 11) is 0. The maximum Gasteiger partial charge on any atom is 0.123 e. The lowest BCUT2D eigenvalue weighted by Gasteiger charge is -2.09. The van der Waals surface area contributed by atoms with E-state index < -0.39 is 0 Å². The zero-order valence-corrected chi connectivity index (χ0v) is 9.95. The molecule has 0 spiro atoms. The number of hydrogen-bond acceptors (Lipinski definition) is 5. The van der Waals surface area contributed by atoms with Gasteiger partial charge in [0, 0.05) is 18.0 Å². The van der Waals surface area contributed by atoms with Crippen LogP contribution in [0.5, 0.6) is 0 Å². The monoisotopic (exact) mass is 253 g/mol. The molecule has 0 aliphatic heterocycles. The molecular weight excluding hydrogens is 246 g/mol. The first-order valence-electron chi connectivity index (χ1n) is 4.95. The molecule has 18 heavy (non-hydrogen) atoms. The molecule has 6 heteroatoms. The third-order valence-corrected chi connectivity index (χ3v) is 2.74. The summed E-state index contributed by atoms with van der Waals surface area (Å²) >= 11 is 5.05. The minimum absolute atomic E-state index is 0.160. The fraction of sp³-hybridized carbons (Fsp3) is 0. The average Bonchev–Trinajstić information content (AvgIpc) is 2.39. The lowest BCUT2D eigenvalue weighted by molar-refractivity contribution is 1.25. The summed E-state index contributed by atoms with van der Waals surface area (Å²) in [6.07, 6.45) is 3.15. The van der Waals surface area contributed by atoms with Gasteiger partial charge in [0.15, 0.2) is 0 Å². The Balaban J connectivity index is 2.94. The molecule has 2 aromatic heterocycles. The van der Waals surface area contributed by atoms with E-state index in [0.29, 0.717) is 11.1 Å². The van der Waals surface area contributed by atoms with E-state index >= 15 is 0 Å². The van der Waals surface area contributed by atoms with Crippen LogP contribution in [0.2, 0.25) is 0 Å². The molecule has 0 aliphatic rings. The number of nitriles is 2. The van der Waals surface area contributed by atoms with E-state index in [1.54, 1.807) is 24.5 Å². The van der Waals surface area contributed by atoms with Gasteiger partial charge in [0.05, 0.1) is 5.56 Å². The minimum atomic E-state index is 0.160. The van der Waals surface area contributed by atoms with E-state index in [9.17, 15) is 0 Å². The molecule has 2 aromatic rings. The number of nitrogen functional groups attached to an aromatic ring is 1. The lowest BCUT2D eigenvalue weighted by atomic mass is 9.98. The smallest absolute Gasteiger partial charge is 0.123 e. The second kappa shape index (κ2) is 4.66. The van der Waals surface area contributed by atoms with Crippen LogP contribution in [0.1, 0.15) is 11.1 Å². The molecule has 0 saturated carbocycles. The van der Waals surface area contributed by atoms with Gasteiger partial charge in [-0.05, 0) is 17.7 Å². The second-order valence-electron chi connectivity index (χ2n) is 3.45. The Morgan fingerprint density at radius 2 is 1.78 bits per heavy atom. The molecule has 0 fully saturated rings. The normalized spacial score (nSPS) is 9.44. The molecule has 0 unspecified atom stereocenters. The van der Waals surface area contributed by atoms with E-state index in [-0.39, 0.29) is 21.6 Å². The molecule has 86 valence electrons. The third kappa shape index (κ3) is 1.81. The Labute approximate surface area is 108 Å². The molecule has 5 nitrogen and oxygen atoms in total. The predicted molar refractivity (Wildman–Crippen MR) is 68.7 cm³/mol. The average molecular weight is 253 g/mol. The van der Waals surface area contributed by atoms with Gasteiger partial charge in [0.25, 0.3) is 0 Å². The molecule has 0 atom stereocenters. The van der Waals surface area contributed by atoms with Crippen molar-refractivity contribution in [2.75, 3.05) is 5.73 Å². The maximum atomic E-state index is 9.17. The van der Waals surface area contributed by atoms with Gasteiger partial charge in [-0.3, -0.25) is 4.98 Å². The first-order valence-corrected chi connectivity index (χ1v) is 5.36. The van der Waals surface area contributed by atoms with Crippen LogP contribution in [0.3, 0.4) is 0 Å². The van der Waals surface area contributed by atoms with Gasteiger partial charge in [-0.25, -0.2) is 0 Å². The van der Waals surface area contributed by atoms with Crippen LogP contribution >= 0.6 is 12.2 Å². The zero-order chi connectivity index (χ0) is 13.1. The van der Waals surface area contributed by atoms with Crippen LogP contribution in [0.15, 0.2) is 24.5 Å². The third-order valence-electron chi connectivity index (χ3n) is 2.44. The number of pyridine rings is 2. The van der Waals surface area contributed by atoms with Crippen LogP contribution in [0.25, 0.3) is 11.1 Å². The number of H-pyrrole nitrogens is 1. The molecule has 0 aromatic carbocycles. The highest BCUT2D eigenvalue weighted by molar-refractivity contribution is 7.71. The maximum absolute atomic E-state index is 9.17. The van der Waals surface area contributed by atoms with Gasteiger partial charge in [-0.15, -0.1) is 0 Å². The van der Waals surface area contributed by atoms with Crippen LogP contribution in [-0.4, -0.2) is 9.97 Å². The van der Waals surface area contributed by atoms with Crippen molar-refractivity contribution >= 4 is 18.0 Å². The number of hydrogen-bond donors (Lipinski definition) is 2. The Kier molecular flexibility index (Phi) is 3.05. The van der Waals surface area contributed by atoms with Gasteiger partial charge in [-0.2, -0.15) is 10.5 Å². The minimum Gasteiger partial charge on any atom is -0.384 e. The first-order chi connectivity index (χ1) is 8.69. The van der Waals surface area contributed by atoms with Gasteiger partial charge in [0.1, 0.15) is 28.2 Å². The molecule has 3 N–H and O–H groups in total. The van der Waals surface area contributed by atoms with Crippen molar-refractivity contribution in [3.63, 3.8) is 0 Å². The zero-order valence-electron chi connectivity index (χ0n) is 9.14. The fourth-order valence-electron chi connectivity index (χ4n) is 1.65. The van der Waals surface area contributed by atoms with Crippen LogP contribution in [-0.2, 0) is 0 Å². The number of aromatic amines is 1. The molecular formula is C12H7N5S. The summed E-state index contributed by atoms with van der Waals surface area (Å²) in [5, 5.41) is 18.3. The Morgan fingerprint density at radius 1 is 1.17 bits per heavy atom. The fourth-order valence-corrected chi connectivity index (χ4v) is 1.91. The predicted octanol–water partition coefficient (Wildman–Crippen LogP) is 2.13. The van der Waals surface area contributed by atoms with E-state index in [1.165, 1.54) is 0 Å². The van der Waals surface area contributed by atoms with Crippen LogP contribution in [0, 0.1) is 27.3 Å². The van der Waals surface area contributed by atoms with E-state index in [1.807, 2.05) is 12.1 Å². The van der Waals surface area contributed by atoms with E-state index in [4.69, 9.17) is 28.5 Å². The summed E-state index contributed by atoms with van der Waals surface area (Å²) in [6, 6.07) is 7.39. The van der Waals surface area contributed by atoms with Crippen molar-refractivity contribution in [3.8, 4) is 23.3 Å². The molecule has 0 bridgehead atoms. The van der Waals surface area contributed by atoms with Crippen molar-refractivity contribution in [2.45, 2.75) is 0 Å². The van der Waals surface area contributed by atoms with Crippen LogP contribution in [0.4, 0.5) is 5.82 Å². The molecule has 0 saturated heterocycles. The SMILES string of the molecule is N#Cc1c(N)[nH]c(=S)c(C#N)c1-c1ccncc1. The van der Waals surface area contributed by atoms with Crippen LogP contribution < -0.4 is 5.73 Å². The van der Waals surface area contributed by atoms with Crippen molar-refractivity contribution in [3.05, 3.63) is 40.3 Å². The highest BCUT2D eigenvalue weighted by Gasteiger charge is 2.15. The quantitative estimate of drug-likeness (QED) is 0.758. The Hall–Kier alpha value is -2.70. The summed E-state index contributed by atoms with van der Waals surface area (Å²) < 4.78 is 0.223. The summed E-state index contributed by atoms with van der Waals surface area (Å²) in [4.78, 5) is 6.55.